The third-order valence-corrected chi connectivity index (χ3v) is 4.03. The van der Waals surface area contributed by atoms with Gasteiger partial charge in [0.25, 0.3) is 0 Å². The SMILES string of the molecule is Cl.NCC(NC(=O)Cc1ccccc1)C1CCCCC1. The van der Waals surface area contributed by atoms with Crippen LogP contribution in [0.15, 0.2) is 30.3 Å². The lowest BCUT2D eigenvalue weighted by atomic mass is 9.84. The van der Waals surface area contributed by atoms with Crippen LogP contribution in [0.1, 0.15) is 37.7 Å². The Hall–Kier alpha value is -1.06. The maximum atomic E-state index is 12.1. The molecular weight excluding hydrogens is 272 g/mol. The van der Waals surface area contributed by atoms with Gasteiger partial charge in [-0.3, -0.25) is 4.79 Å². The molecule has 0 spiro atoms. The highest BCUT2D eigenvalue weighted by Gasteiger charge is 2.23. The van der Waals surface area contributed by atoms with Gasteiger partial charge in [0, 0.05) is 12.6 Å². The number of rotatable bonds is 5. The first-order chi connectivity index (χ1) is 9.29. The van der Waals surface area contributed by atoms with Crippen LogP contribution in [0.3, 0.4) is 0 Å². The molecule has 1 atom stereocenters. The number of carbonyl (C=O) groups excluding carboxylic acids is 1. The molecule has 1 aliphatic rings. The molecule has 1 fully saturated rings. The maximum absolute atomic E-state index is 12.1. The molecule has 2 rings (SSSR count). The maximum Gasteiger partial charge on any atom is 0.224 e. The summed E-state index contributed by atoms with van der Waals surface area (Å²) in [6, 6.07) is 10.0. The van der Waals surface area contributed by atoms with Gasteiger partial charge in [-0.25, -0.2) is 0 Å². The number of nitrogens with two attached hydrogens (primary N) is 1. The first-order valence-corrected chi connectivity index (χ1v) is 7.33. The number of carbonyl (C=O) groups is 1. The Kier molecular flexibility index (Phi) is 7.63. The summed E-state index contributed by atoms with van der Waals surface area (Å²) in [7, 11) is 0. The van der Waals surface area contributed by atoms with Crippen LogP contribution in [0.5, 0.6) is 0 Å². The van der Waals surface area contributed by atoms with E-state index in [1.807, 2.05) is 30.3 Å². The van der Waals surface area contributed by atoms with Crippen molar-refractivity contribution < 1.29 is 4.79 Å². The second kappa shape index (κ2) is 8.98. The van der Waals surface area contributed by atoms with E-state index in [9.17, 15) is 4.79 Å². The van der Waals surface area contributed by atoms with Gasteiger partial charge in [0.15, 0.2) is 0 Å². The summed E-state index contributed by atoms with van der Waals surface area (Å²) in [6.45, 7) is 0.547. The predicted octanol–water partition coefficient (Wildman–Crippen LogP) is 2.67. The fourth-order valence-electron chi connectivity index (χ4n) is 2.94. The minimum atomic E-state index is 0. The van der Waals surface area contributed by atoms with Crippen molar-refractivity contribution in [1.29, 1.82) is 0 Å². The van der Waals surface area contributed by atoms with Gasteiger partial charge in [0.1, 0.15) is 0 Å². The van der Waals surface area contributed by atoms with Crippen LogP contribution >= 0.6 is 12.4 Å². The van der Waals surface area contributed by atoms with Crippen LogP contribution in [0.25, 0.3) is 0 Å². The standard InChI is InChI=1S/C16H24N2O.ClH/c17-12-15(14-9-5-2-6-10-14)18-16(19)11-13-7-3-1-4-8-13;/h1,3-4,7-8,14-15H,2,5-6,9-12,17H2,(H,18,19);1H. The molecule has 3 N–H and O–H groups in total. The highest BCUT2D eigenvalue weighted by molar-refractivity contribution is 5.85. The van der Waals surface area contributed by atoms with Crippen LogP contribution in [0.2, 0.25) is 0 Å². The van der Waals surface area contributed by atoms with E-state index in [0.29, 0.717) is 18.9 Å². The van der Waals surface area contributed by atoms with Crippen molar-refractivity contribution in [3.63, 3.8) is 0 Å². The summed E-state index contributed by atoms with van der Waals surface area (Å²) in [6.07, 6.45) is 6.72. The number of hydrogen-bond acceptors (Lipinski definition) is 2. The number of hydrogen-bond donors (Lipinski definition) is 2. The van der Waals surface area contributed by atoms with Crippen molar-refractivity contribution in [2.45, 2.75) is 44.6 Å². The molecule has 1 aromatic carbocycles. The molecule has 1 unspecified atom stereocenters. The lowest BCUT2D eigenvalue weighted by Crippen LogP contribution is -2.46. The average molecular weight is 297 g/mol. The quantitative estimate of drug-likeness (QED) is 0.878. The van der Waals surface area contributed by atoms with Crippen molar-refractivity contribution >= 4 is 18.3 Å². The van der Waals surface area contributed by atoms with E-state index in [-0.39, 0.29) is 24.4 Å². The summed E-state index contributed by atoms with van der Waals surface area (Å²) in [5.74, 6) is 0.658. The van der Waals surface area contributed by atoms with Crippen LogP contribution in [0, 0.1) is 5.92 Å². The van der Waals surface area contributed by atoms with Crippen LogP contribution in [0.4, 0.5) is 0 Å². The minimum Gasteiger partial charge on any atom is -0.352 e. The van der Waals surface area contributed by atoms with Crippen LogP contribution in [-0.4, -0.2) is 18.5 Å². The molecule has 0 saturated heterocycles. The van der Waals surface area contributed by atoms with Crippen LogP contribution < -0.4 is 11.1 Å². The van der Waals surface area contributed by atoms with Crippen molar-refractivity contribution in [3.05, 3.63) is 35.9 Å². The Bertz CT molecular complexity index is 391. The van der Waals surface area contributed by atoms with Gasteiger partial charge < -0.3 is 11.1 Å². The molecule has 0 aromatic heterocycles. The van der Waals surface area contributed by atoms with Gasteiger partial charge in [-0.2, -0.15) is 0 Å². The molecule has 1 aromatic rings. The summed E-state index contributed by atoms with van der Waals surface area (Å²) in [4.78, 5) is 12.1. The minimum absolute atomic E-state index is 0. The zero-order valence-corrected chi connectivity index (χ0v) is 12.7. The Morgan fingerprint density at radius 3 is 2.45 bits per heavy atom. The van der Waals surface area contributed by atoms with Gasteiger partial charge in [0.2, 0.25) is 5.91 Å². The molecule has 4 heteroatoms. The molecule has 0 aliphatic heterocycles. The van der Waals surface area contributed by atoms with E-state index in [2.05, 4.69) is 5.32 Å². The van der Waals surface area contributed by atoms with Gasteiger partial charge in [-0.1, -0.05) is 49.6 Å². The molecule has 0 heterocycles. The van der Waals surface area contributed by atoms with Crippen molar-refractivity contribution in [2.75, 3.05) is 6.54 Å². The fraction of sp³-hybridized carbons (Fsp3) is 0.562. The topological polar surface area (TPSA) is 55.1 Å². The van der Waals surface area contributed by atoms with Crippen molar-refractivity contribution in [3.8, 4) is 0 Å². The van der Waals surface area contributed by atoms with E-state index in [4.69, 9.17) is 5.73 Å². The molecule has 20 heavy (non-hydrogen) atoms. The highest BCUT2D eigenvalue weighted by atomic mass is 35.5. The number of amides is 1. The molecule has 0 bridgehead atoms. The summed E-state index contributed by atoms with van der Waals surface area (Å²) in [5.41, 5.74) is 6.89. The third kappa shape index (κ3) is 5.14. The number of halogens is 1. The Balaban J connectivity index is 0.00000200. The molecule has 1 amide bonds. The summed E-state index contributed by atoms with van der Waals surface area (Å²) < 4.78 is 0. The smallest absolute Gasteiger partial charge is 0.224 e. The normalized spacial score (nSPS) is 17.1. The molecule has 1 aliphatic carbocycles. The Morgan fingerprint density at radius 2 is 1.85 bits per heavy atom. The molecule has 1 saturated carbocycles. The highest BCUT2D eigenvalue weighted by Crippen LogP contribution is 2.26. The Labute approximate surface area is 127 Å². The second-order valence-corrected chi connectivity index (χ2v) is 5.47. The largest absolute Gasteiger partial charge is 0.352 e. The van der Waals surface area contributed by atoms with Gasteiger partial charge >= 0.3 is 0 Å². The fourth-order valence-corrected chi connectivity index (χ4v) is 2.94. The summed E-state index contributed by atoms with van der Waals surface area (Å²) in [5, 5.41) is 3.12. The number of benzene rings is 1. The van der Waals surface area contributed by atoms with E-state index in [1.165, 1.54) is 32.1 Å². The molecule has 112 valence electrons. The van der Waals surface area contributed by atoms with Gasteiger partial charge in [-0.05, 0) is 24.3 Å². The van der Waals surface area contributed by atoms with Gasteiger partial charge in [-0.15, -0.1) is 12.4 Å². The average Bonchev–Trinajstić information content (AvgIpc) is 2.47. The third-order valence-electron chi connectivity index (χ3n) is 4.03. The first-order valence-electron chi connectivity index (χ1n) is 7.33. The monoisotopic (exact) mass is 296 g/mol. The Morgan fingerprint density at radius 1 is 1.20 bits per heavy atom. The number of nitrogens with one attached hydrogen (secondary N) is 1. The van der Waals surface area contributed by atoms with Crippen molar-refractivity contribution in [2.24, 2.45) is 11.7 Å². The van der Waals surface area contributed by atoms with E-state index < -0.39 is 0 Å². The van der Waals surface area contributed by atoms with Gasteiger partial charge in [0.05, 0.1) is 6.42 Å². The molecule has 0 radical (unpaired) electrons. The summed E-state index contributed by atoms with van der Waals surface area (Å²) >= 11 is 0. The zero-order chi connectivity index (χ0) is 13.5. The lowest BCUT2D eigenvalue weighted by molar-refractivity contribution is -0.121. The lowest BCUT2D eigenvalue weighted by Gasteiger charge is -2.30. The second-order valence-electron chi connectivity index (χ2n) is 5.47. The molecular formula is C16H25ClN2O. The van der Waals surface area contributed by atoms with E-state index in [1.54, 1.807) is 0 Å². The first kappa shape index (κ1) is 17.0. The molecule has 3 nitrogen and oxygen atoms in total. The van der Waals surface area contributed by atoms with Crippen molar-refractivity contribution in [1.82, 2.24) is 5.32 Å². The predicted molar refractivity (Wildman–Crippen MR) is 85.0 cm³/mol. The van der Waals surface area contributed by atoms with E-state index >= 15 is 0 Å². The zero-order valence-electron chi connectivity index (χ0n) is 11.9. The van der Waals surface area contributed by atoms with E-state index in [0.717, 1.165) is 5.56 Å². The van der Waals surface area contributed by atoms with Crippen LogP contribution in [-0.2, 0) is 11.2 Å².